The molecule has 1 saturated heterocycles. The average Bonchev–Trinajstić information content (AvgIpc) is 2.72. The van der Waals surface area contributed by atoms with Gasteiger partial charge in [-0.15, -0.1) is 0 Å². The lowest BCUT2D eigenvalue weighted by atomic mass is 10.1. The van der Waals surface area contributed by atoms with Gasteiger partial charge in [0.25, 0.3) is 0 Å². The van der Waals surface area contributed by atoms with Gasteiger partial charge in [0.15, 0.2) is 0 Å². The molecule has 1 fully saturated rings. The molecule has 100 valence electrons. The van der Waals surface area contributed by atoms with E-state index in [-0.39, 0.29) is 0 Å². The van der Waals surface area contributed by atoms with Crippen LogP contribution < -0.4 is 11.1 Å². The molecular weight excluding hydrogens is 226 g/mol. The molecule has 1 aliphatic rings. The maximum Gasteiger partial charge on any atom is 0.135 e. The SMILES string of the molecule is CC(C)c1nc(N)cc(NCC2CCN(C)C2)n1. The zero-order valence-corrected chi connectivity index (χ0v) is 11.5. The summed E-state index contributed by atoms with van der Waals surface area (Å²) in [4.78, 5) is 11.1. The van der Waals surface area contributed by atoms with E-state index in [1.54, 1.807) is 0 Å². The Kier molecular flexibility index (Phi) is 4.01. The Morgan fingerprint density at radius 1 is 1.50 bits per heavy atom. The maximum absolute atomic E-state index is 5.80. The van der Waals surface area contributed by atoms with E-state index in [0.717, 1.165) is 24.7 Å². The number of nitrogens with zero attached hydrogens (tertiary/aromatic N) is 3. The van der Waals surface area contributed by atoms with Crippen molar-refractivity contribution in [3.05, 3.63) is 11.9 Å². The van der Waals surface area contributed by atoms with Crippen molar-refractivity contribution < 1.29 is 0 Å². The lowest BCUT2D eigenvalue weighted by Gasteiger charge is -2.13. The van der Waals surface area contributed by atoms with Crippen LogP contribution in [0.15, 0.2) is 6.07 Å². The number of nitrogens with one attached hydrogen (secondary N) is 1. The van der Waals surface area contributed by atoms with Crippen molar-refractivity contribution in [2.24, 2.45) is 5.92 Å². The van der Waals surface area contributed by atoms with Crippen LogP contribution in [0.4, 0.5) is 11.6 Å². The molecule has 1 aromatic rings. The molecule has 0 aromatic carbocycles. The van der Waals surface area contributed by atoms with Crippen LogP contribution in [-0.4, -0.2) is 41.5 Å². The van der Waals surface area contributed by atoms with Gasteiger partial charge in [0.05, 0.1) is 0 Å². The largest absolute Gasteiger partial charge is 0.384 e. The van der Waals surface area contributed by atoms with E-state index in [4.69, 9.17) is 5.73 Å². The van der Waals surface area contributed by atoms with Gasteiger partial charge in [-0.2, -0.15) is 0 Å². The first-order chi connectivity index (χ1) is 8.54. The Balaban J connectivity index is 1.96. The predicted octanol–water partition coefficient (Wildman–Crippen LogP) is 1.55. The van der Waals surface area contributed by atoms with Crippen molar-refractivity contribution in [3.8, 4) is 0 Å². The molecule has 2 rings (SSSR count). The number of hydrogen-bond acceptors (Lipinski definition) is 5. The number of likely N-dealkylation sites (tertiary alicyclic amines) is 1. The normalized spacial score (nSPS) is 20.6. The second kappa shape index (κ2) is 5.52. The fourth-order valence-electron chi connectivity index (χ4n) is 2.28. The third-order valence-corrected chi connectivity index (χ3v) is 3.34. The molecule has 0 saturated carbocycles. The Bertz CT molecular complexity index is 404. The van der Waals surface area contributed by atoms with Crippen molar-refractivity contribution in [3.63, 3.8) is 0 Å². The smallest absolute Gasteiger partial charge is 0.135 e. The van der Waals surface area contributed by atoms with Crippen molar-refractivity contribution in [2.45, 2.75) is 26.2 Å². The summed E-state index contributed by atoms with van der Waals surface area (Å²) in [5, 5.41) is 3.39. The molecule has 1 aliphatic heterocycles. The minimum atomic E-state index is 0.298. The highest BCUT2D eigenvalue weighted by Gasteiger charge is 2.19. The van der Waals surface area contributed by atoms with Crippen LogP contribution in [0, 0.1) is 5.92 Å². The van der Waals surface area contributed by atoms with Gasteiger partial charge in [0.2, 0.25) is 0 Å². The van der Waals surface area contributed by atoms with Gasteiger partial charge in [-0.1, -0.05) is 13.8 Å². The molecule has 1 aromatic heterocycles. The number of hydrogen-bond donors (Lipinski definition) is 2. The van der Waals surface area contributed by atoms with Crippen LogP contribution in [0.5, 0.6) is 0 Å². The highest BCUT2D eigenvalue weighted by molar-refractivity contribution is 5.44. The second-order valence-corrected chi connectivity index (χ2v) is 5.49. The molecule has 5 nitrogen and oxygen atoms in total. The lowest BCUT2D eigenvalue weighted by molar-refractivity contribution is 0.399. The van der Waals surface area contributed by atoms with E-state index >= 15 is 0 Å². The third kappa shape index (κ3) is 3.32. The zero-order valence-electron chi connectivity index (χ0n) is 11.5. The topological polar surface area (TPSA) is 67.1 Å². The van der Waals surface area contributed by atoms with Crippen molar-refractivity contribution >= 4 is 11.6 Å². The summed E-state index contributed by atoms with van der Waals surface area (Å²) in [7, 11) is 2.17. The molecule has 0 aliphatic carbocycles. The Labute approximate surface area is 109 Å². The van der Waals surface area contributed by atoms with Crippen LogP contribution in [0.1, 0.15) is 32.0 Å². The zero-order chi connectivity index (χ0) is 13.1. The first-order valence-corrected chi connectivity index (χ1v) is 6.61. The number of nitrogens with two attached hydrogens (primary N) is 1. The fraction of sp³-hybridized carbons (Fsp3) is 0.692. The maximum atomic E-state index is 5.80. The van der Waals surface area contributed by atoms with Gasteiger partial charge in [0, 0.05) is 25.1 Å². The summed E-state index contributed by atoms with van der Waals surface area (Å²) in [6, 6.07) is 1.81. The molecule has 2 heterocycles. The Morgan fingerprint density at radius 3 is 2.89 bits per heavy atom. The second-order valence-electron chi connectivity index (χ2n) is 5.49. The van der Waals surface area contributed by atoms with Gasteiger partial charge >= 0.3 is 0 Å². The summed E-state index contributed by atoms with van der Waals surface area (Å²) in [6.07, 6.45) is 1.25. The number of nitrogen functional groups attached to an aromatic ring is 1. The van der Waals surface area contributed by atoms with Crippen LogP contribution in [0.25, 0.3) is 0 Å². The van der Waals surface area contributed by atoms with E-state index in [2.05, 4.69) is 41.1 Å². The van der Waals surface area contributed by atoms with Gasteiger partial charge < -0.3 is 16.0 Å². The highest BCUT2D eigenvalue weighted by atomic mass is 15.1. The summed E-state index contributed by atoms with van der Waals surface area (Å²) in [6.45, 7) is 7.45. The van der Waals surface area contributed by atoms with E-state index in [1.807, 2.05) is 6.07 Å². The number of aromatic nitrogens is 2. The Morgan fingerprint density at radius 2 is 2.28 bits per heavy atom. The van der Waals surface area contributed by atoms with E-state index in [9.17, 15) is 0 Å². The molecule has 0 amide bonds. The molecule has 0 spiro atoms. The van der Waals surface area contributed by atoms with E-state index < -0.39 is 0 Å². The van der Waals surface area contributed by atoms with Crippen LogP contribution in [-0.2, 0) is 0 Å². The van der Waals surface area contributed by atoms with Gasteiger partial charge in [-0.3, -0.25) is 0 Å². The van der Waals surface area contributed by atoms with Crippen molar-refractivity contribution in [2.75, 3.05) is 37.7 Å². The van der Waals surface area contributed by atoms with Crippen LogP contribution in [0.3, 0.4) is 0 Å². The molecule has 0 radical (unpaired) electrons. The molecule has 0 bridgehead atoms. The summed E-state index contributed by atoms with van der Waals surface area (Å²) >= 11 is 0. The Hall–Kier alpha value is -1.36. The quantitative estimate of drug-likeness (QED) is 0.847. The average molecular weight is 249 g/mol. The van der Waals surface area contributed by atoms with E-state index in [0.29, 0.717) is 17.7 Å². The van der Waals surface area contributed by atoms with Crippen LogP contribution in [0.2, 0.25) is 0 Å². The predicted molar refractivity (Wildman–Crippen MR) is 74.6 cm³/mol. The van der Waals surface area contributed by atoms with Crippen molar-refractivity contribution in [1.29, 1.82) is 0 Å². The summed E-state index contributed by atoms with van der Waals surface area (Å²) < 4.78 is 0. The molecular formula is C13H23N5. The first kappa shape index (κ1) is 13.1. The monoisotopic (exact) mass is 249 g/mol. The first-order valence-electron chi connectivity index (χ1n) is 6.61. The molecule has 1 unspecified atom stereocenters. The summed E-state index contributed by atoms with van der Waals surface area (Å²) in [5.41, 5.74) is 5.80. The molecule has 18 heavy (non-hydrogen) atoms. The molecule has 5 heteroatoms. The van der Waals surface area contributed by atoms with Crippen molar-refractivity contribution in [1.82, 2.24) is 14.9 Å². The van der Waals surface area contributed by atoms with Gasteiger partial charge in [-0.25, -0.2) is 9.97 Å². The van der Waals surface area contributed by atoms with Gasteiger partial charge in [0.1, 0.15) is 17.5 Å². The minimum Gasteiger partial charge on any atom is -0.384 e. The van der Waals surface area contributed by atoms with E-state index in [1.165, 1.54) is 13.0 Å². The number of rotatable bonds is 4. The molecule has 3 N–H and O–H groups in total. The summed E-state index contributed by atoms with van der Waals surface area (Å²) in [5.74, 6) is 3.20. The fourth-order valence-corrected chi connectivity index (χ4v) is 2.28. The standard InChI is InChI=1S/C13H23N5/c1-9(2)13-16-11(14)6-12(17-13)15-7-10-4-5-18(3)8-10/h6,9-10H,4-5,7-8H2,1-3H3,(H3,14,15,16,17). The van der Waals surface area contributed by atoms with Crippen LogP contribution >= 0.6 is 0 Å². The molecule has 1 atom stereocenters. The number of anilines is 2. The highest BCUT2D eigenvalue weighted by Crippen LogP contribution is 2.18. The third-order valence-electron chi connectivity index (χ3n) is 3.34. The lowest BCUT2D eigenvalue weighted by Crippen LogP contribution is -2.20. The van der Waals surface area contributed by atoms with Gasteiger partial charge in [-0.05, 0) is 25.9 Å². The minimum absolute atomic E-state index is 0.298.